The summed E-state index contributed by atoms with van der Waals surface area (Å²) in [5, 5.41) is 11.1. The number of ketones is 1. The number of rotatable bonds is 7. The SMILES string of the molecule is CCOC(=O)Cn1c(O)c(C=C(C)C=CC(=O)c2ccc(Cl)cc2Cl)sc1=S. The number of esters is 1. The van der Waals surface area contributed by atoms with E-state index in [0.717, 1.165) is 11.3 Å². The molecule has 28 heavy (non-hydrogen) atoms. The highest BCUT2D eigenvalue weighted by molar-refractivity contribution is 7.73. The van der Waals surface area contributed by atoms with Crippen LogP contribution in [-0.2, 0) is 16.1 Å². The van der Waals surface area contributed by atoms with E-state index in [0.29, 0.717) is 25.0 Å². The smallest absolute Gasteiger partial charge is 0.326 e. The number of aromatic nitrogens is 1. The van der Waals surface area contributed by atoms with Crippen LogP contribution in [0, 0.1) is 3.95 Å². The standard InChI is InChI=1S/C19H17Cl2NO4S2/c1-3-26-17(24)10-22-18(25)16(28-19(22)27)8-11(2)4-7-15(23)13-6-5-12(20)9-14(13)21/h4-9,25H,3,10H2,1-2H3. The lowest BCUT2D eigenvalue weighted by Gasteiger charge is -2.04. The molecule has 0 unspecified atom stereocenters. The maximum absolute atomic E-state index is 12.3. The van der Waals surface area contributed by atoms with Crippen molar-refractivity contribution >= 4 is 64.6 Å². The monoisotopic (exact) mass is 457 g/mol. The molecule has 1 aromatic carbocycles. The van der Waals surface area contributed by atoms with Gasteiger partial charge >= 0.3 is 5.97 Å². The van der Waals surface area contributed by atoms with Crippen LogP contribution in [0.1, 0.15) is 29.1 Å². The number of allylic oxidation sites excluding steroid dienone is 3. The van der Waals surface area contributed by atoms with E-state index in [-0.39, 0.29) is 29.8 Å². The van der Waals surface area contributed by atoms with Gasteiger partial charge in [-0.15, -0.1) is 11.3 Å². The first-order valence-corrected chi connectivity index (χ1v) is 10.1. The van der Waals surface area contributed by atoms with E-state index in [1.54, 1.807) is 38.1 Å². The highest BCUT2D eigenvalue weighted by Crippen LogP contribution is 2.29. The van der Waals surface area contributed by atoms with Gasteiger partial charge in [0.1, 0.15) is 6.54 Å². The molecular formula is C19H17Cl2NO4S2. The number of carbonyl (C=O) groups excluding carboxylic acids is 2. The summed E-state index contributed by atoms with van der Waals surface area (Å²) in [6.07, 6.45) is 4.66. The average molecular weight is 458 g/mol. The fourth-order valence-electron chi connectivity index (χ4n) is 2.22. The quantitative estimate of drug-likeness (QED) is 0.190. The summed E-state index contributed by atoms with van der Waals surface area (Å²) in [6, 6.07) is 4.65. The van der Waals surface area contributed by atoms with Gasteiger partial charge < -0.3 is 9.84 Å². The molecule has 0 saturated heterocycles. The molecular weight excluding hydrogens is 441 g/mol. The molecule has 0 aliphatic carbocycles. The molecule has 1 N–H and O–H groups in total. The van der Waals surface area contributed by atoms with E-state index in [4.69, 9.17) is 40.2 Å². The van der Waals surface area contributed by atoms with Crippen LogP contribution in [0.4, 0.5) is 0 Å². The van der Waals surface area contributed by atoms with Gasteiger partial charge in [-0.2, -0.15) is 0 Å². The Morgan fingerprint density at radius 2 is 2.04 bits per heavy atom. The summed E-state index contributed by atoms with van der Waals surface area (Å²) in [7, 11) is 0. The van der Waals surface area contributed by atoms with Crippen molar-refractivity contribution in [3.63, 3.8) is 0 Å². The molecule has 0 aliphatic rings. The highest BCUT2D eigenvalue weighted by atomic mass is 35.5. The van der Waals surface area contributed by atoms with Crippen molar-refractivity contribution in [1.82, 2.24) is 4.57 Å². The van der Waals surface area contributed by atoms with Crippen LogP contribution in [0.3, 0.4) is 0 Å². The summed E-state index contributed by atoms with van der Waals surface area (Å²) >= 11 is 18.2. The van der Waals surface area contributed by atoms with Crippen LogP contribution in [0.25, 0.3) is 6.08 Å². The van der Waals surface area contributed by atoms with Crippen LogP contribution < -0.4 is 0 Å². The molecule has 0 atom stereocenters. The minimum atomic E-state index is -0.482. The molecule has 0 spiro atoms. The van der Waals surface area contributed by atoms with Crippen molar-refractivity contribution in [2.45, 2.75) is 20.4 Å². The first kappa shape index (κ1) is 22.4. The van der Waals surface area contributed by atoms with Crippen LogP contribution in [0.5, 0.6) is 5.88 Å². The molecule has 1 heterocycles. The molecule has 0 amide bonds. The topological polar surface area (TPSA) is 68.5 Å². The Bertz CT molecular complexity index is 1020. The minimum absolute atomic E-state index is 0.122. The lowest BCUT2D eigenvalue weighted by molar-refractivity contribution is -0.143. The van der Waals surface area contributed by atoms with Gasteiger partial charge in [0.05, 0.1) is 16.5 Å². The number of halogens is 2. The molecule has 0 saturated carbocycles. The number of ether oxygens (including phenoxy) is 1. The predicted octanol–water partition coefficient (Wildman–Crippen LogP) is 5.70. The third-order valence-corrected chi connectivity index (χ3v) is 5.47. The molecule has 0 aliphatic heterocycles. The molecule has 9 heteroatoms. The number of benzene rings is 1. The van der Waals surface area contributed by atoms with E-state index in [9.17, 15) is 14.7 Å². The molecule has 148 valence electrons. The molecule has 0 radical (unpaired) electrons. The van der Waals surface area contributed by atoms with Crippen LogP contribution in [-0.4, -0.2) is 28.0 Å². The van der Waals surface area contributed by atoms with E-state index >= 15 is 0 Å². The van der Waals surface area contributed by atoms with Crippen molar-refractivity contribution in [2.75, 3.05) is 6.61 Å². The Morgan fingerprint density at radius 3 is 2.68 bits per heavy atom. The number of hydrogen-bond acceptors (Lipinski definition) is 6. The zero-order valence-electron chi connectivity index (χ0n) is 15.1. The molecule has 5 nitrogen and oxygen atoms in total. The van der Waals surface area contributed by atoms with Gasteiger partial charge in [-0.05, 0) is 62.0 Å². The number of aromatic hydroxyl groups is 1. The lowest BCUT2D eigenvalue weighted by Crippen LogP contribution is -2.12. The van der Waals surface area contributed by atoms with Gasteiger partial charge in [0.15, 0.2) is 9.74 Å². The normalized spacial score (nSPS) is 11.8. The molecule has 2 aromatic rings. The van der Waals surface area contributed by atoms with E-state index < -0.39 is 5.97 Å². The lowest BCUT2D eigenvalue weighted by atomic mass is 10.1. The van der Waals surface area contributed by atoms with Crippen LogP contribution in [0.15, 0.2) is 35.9 Å². The fourth-order valence-corrected chi connectivity index (χ4v) is 4.04. The van der Waals surface area contributed by atoms with Crippen molar-refractivity contribution < 1.29 is 19.4 Å². The third kappa shape index (κ3) is 5.78. The molecule has 2 rings (SSSR count). The van der Waals surface area contributed by atoms with Gasteiger partial charge in [-0.25, -0.2) is 0 Å². The number of carbonyl (C=O) groups is 2. The zero-order chi connectivity index (χ0) is 20.8. The van der Waals surface area contributed by atoms with Crippen LogP contribution >= 0.6 is 46.8 Å². The Kier molecular flexibility index (Phi) is 8.00. The second-order valence-corrected chi connectivity index (χ2v) is 8.18. The Labute approximate surface area is 181 Å². The molecule has 1 aromatic heterocycles. The Balaban J connectivity index is 2.19. The fraction of sp³-hybridized carbons (Fsp3) is 0.211. The van der Waals surface area contributed by atoms with Crippen molar-refractivity contribution in [3.8, 4) is 5.88 Å². The summed E-state index contributed by atoms with van der Waals surface area (Å²) in [6.45, 7) is 3.56. The first-order valence-electron chi connectivity index (χ1n) is 8.17. The van der Waals surface area contributed by atoms with Crippen molar-refractivity contribution in [2.24, 2.45) is 0 Å². The largest absolute Gasteiger partial charge is 0.493 e. The maximum atomic E-state index is 12.3. The number of hydrogen-bond donors (Lipinski definition) is 1. The van der Waals surface area contributed by atoms with Gasteiger partial charge in [0.25, 0.3) is 0 Å². The number of thiazole rings is 1. The van der Waals surface area contributed by atoms with Crippen LogP contribution in [0.2, 0.25) is 10.0 Å². The zero-order valence-corrected chi connectivity index (χ0v) is 18.2. The minimum Gasteiger partial charge on any atom is -0.493 e. The second kappa shape index (κ2) is 10.0. The summed E-state index contributed by atoms with van der Waals surface area (Å²) in [5.41, 5.74) is 1.04. The first-order chi connectivity index (χ1) is 13.2. The Morgan fingerprint density at radius 1 is 1.32 bits per heavy atom. The average Bonchev–Trinajstić information content (AvgIpc) is 2.87. The van der Waals surface area contributed by atoms with Crippen molar-refractivity contribution in [3.05, 3.63) is 60.4 Å². The summed E-state index contributed by atoms with van der Waals surface area (Å²) < 4.78 is 6.52. The highest BCUT2D eigenvalue weighted by Gasteiger charge is 2.14. The van der Waals surface area contributed by atoms with E-state index in [1.165, 1.54) is 16.7 Å². The molecule has 0 fully saturated rings. The van der Waals surface area contributed by atoms with E-state index in [2.05, 4.69) is 0 Å². The second-order valence-electron chi connectivity index (χ2n) is 5.66. The maximum Gasteiger partial charge on any atom is 0.326 e. The predicted molar refractivity (Wildman–Crippen MR) is 115 cm³/mol. The van der Waals surface area contributed by atoms with Gasteiger partial charge in [-0.1, -0.05) is 29.3 Å². The molecule has 0 bridgehead atoms. The van der Waals surface area contributed by atoms with Gasteiger partial charge in [-0.3, -0.25) is 14.2 Å². The summed E-state index contributed by atoms with van der Waals surface area (Å²) in [4.78, 5) is 24.4. The third-order valence-electron chi connectivity index (χ3n) is 3.54. The van der Waals surface area contributed by atoms with Crippen molar-refractivity contribution in [1.29, 1.82) is 0 Å². The van der Waals surface area contributed by atoms with E-state index in [1.807, 2.05) is 0 Å². The van der Waals surface area contributed by atoms with Gasteiger partial charge in [0.2, 0.25) is 5.88 Å². The van der Waals surface area contributed by atoms with Gasteiger partial charge in [0, 0.05) is 10.6 Å². The summed E-state index contributed by atoms with van der Waals surface area (Å²) in [5.74, 6) is -0.877. The Hall–Kier alpha value is -1.93. The number of nitrogens with zero attached hydrogens (tertiary/aromatic N) is 1.